The highest BCUT2D eigenvalue weighted by molar-refractivity contribution is 6.07. The van der Waals surface area contributed by atoms with Gasteiger partial charge < -0.3 is 5.32 Å². The molecular formula is C21H21N5O. The number of nitrogens with zero attached hydrogens (tertiary/aromatic N) is 4. The third kappa shape index (κ3) is 2.47. The highest BCUT2D eigenvalue weighted by atomic mass is 16.2. The Morgan fingerprint density at radius 2 is 2.00 bits per heavy atom. The van der Waals surface area contributed by atoms with Crippen LogP contribution in [-0.2, 0) is 10.2 Å². The van der Waals surface area contributed by atoms with Crippen molar-refractivity contribution in [3.63, 3.8) is 0 Å². The second kappa shape index (κ2) is 5.74. The molecule has 0 unspecified atom stereocenters. The van der Waals surface area contributed by atoms with Gasteiger partial charge in [-0.05, 0) is 51.0 Å². The highest BCUT2D eigenvalue weighted by Crippen LogP contribution is 2.44. The van der Waals surface area contributed by atoms with Crippen molar-refractivity contribution in [2.45, 2.75) is 44.2 Å². The van der Waals surface area contributed by atoms with Crippen molar-refractivity contribution in [1.29, 1.82) is 0 Å². The van der Waals surface area contributed by atoms with Crippen LogP contribution in [-0.4, -0.2) is 32.9 Å². The van der Waals surface area contributed by atoms with E-state index in [1.165, 1.54) is 0 Å². The van der Waals surface area contributed by atoms with E-state index in [9.17, 15) is 4.79 Å². The molecule has 6 heteroatoms. The average Bonchev–Trinajstić information content (AvgIpc) is 2.85. The van der Waals surface area contributed by atoms with Gasteiger partial charge in [-0.15, -0.1) is 0 Å². The van der Waals surface area contributed by atoms with Crippen molar-refractivity contribution in [3.8, 4) is 0 Å². The van der Waals surface area contributed by atoms with Gasteiger partial charge in [-0.2, -0.15) is 0 Å². The minimum absolute atomic E-state index is 0.148. The SMILES string of the molecule is CC1(C)C(=O)N([C@H]2C[C@H](Nc3ccc4ccncc4n3)C2)c2ncccc21. The Bertz CT molecular complexity index is 1040. The van der Waals surface area contributed by atoms with Gasteiger partial charge in [0.2, 0.25) is 5.91 Å². The zero-order valence-electron chi connectivity index (χ0n) is 15.4. The fourth-order valence-electron chi connectivity index (χ4n) is 4.10. The molecule has 0 radical (unpaired) electrons. The quantitative estimate of drug-likeness (QED) is 0.777. The summed E-state index contributed by atoms with van der Waals surface area (Å²) in [5, 5.41) is 4.56. The topological polar surface area (TPSA) is 71.0 Å². The smallest absolute Gasteiger partial charge is 0.238 e. The summed E-state index contributed by atoms with van der Waals surface area (Å²) >= 11 is 0. The zero-order valence-corrected chi connectivity index (χ0v) is 15.4. The number of hydrogen-bond donors (Lipinski definition) is 1. The molecule has 0 bridgehead atoms. The summed E-state index contributed by atoms with van der Waals surface area (Å²) in [6.45, 7) is 3.97. The molecule has 4 heterocycles. The van der Waals surface area contributed by atoms with E-state index in [4.69, 9.17) is 0 Å². The first-order chi connectivity index (χ1) is 13.0. The Hall–Kier alpha value is -3.02. The van der Waals surface area contributed by atoms with Crippen molar-refractivity contribution in [3.05, 3.63) is 54.5 Å². The maximum atomic E-state index is 13.0. The van der Waals surface area contributed by atoms with E-state index in [-0.39, 0.29) is 11.9 Å². The van der Waals surface area contributed by atoms with Gasteiger partial charge in [0.15, 0.2) is 0 Å². The number of rotatable bonds is 3. The van der Waals surface area contributed by atoms with Gasteiger partial charge >= 0.3 is 0 Å². The predicted molar refractivity (Wildman–Crippen MR) is 105 cm³/mol. The molecule has 1 aliphatic heterocycles. The van der Waals surface area contributed by atoms with Crippen LogP contribution in [0, 0.1) is 0 Å². The zero-order chi connectivity index (χ0) is 18.6. The number of hydrogen-bond acceptors (Lipinski definition) is 5. The monoisotopic (exact) mass is 359 g/mol. The van der Waals surface area contributed by atoms with Gasteiger partial charge in [-0.25, -0.2) is 9.97 Å². The first kappa shape index (κ1) is 16.2. The van der Waals surface area contributed by atoms with Gasteiger partial charge in [-0.3, -0.25) is 14.7 Å². The summed E-state index contributed by atoms with van der Waals surface area (Å²) in [6, 6.07) is 10.4. The summed E-state index contributed by atoms with van der Waals surface area (Å²) in [6.07, 6.45) is 7.10. The number of amides is 1. The summed E-state index contributed by atoms with van der Waals surface area (Å²) in [4.78, 5) is 28.1. The summed E-state index contributed by atoms with van der Waals surface area (Å²) in [5.41, 5.74) is 1.40. The molecular weight excluding hydrogens is 338 g/mol. The van der Waals surface area contributed by atoms with Crippen LogP contribution in [0.5, 0.6) is 0 Å². The Morgan fingerprint density at radius 1 is 1.15 bits per heavy atom. The summed E-state index contributed by atoms with van der Waals surface area (Å²) < 4.78 is 0. The Kier molecular flexibility index (Phi) is 3.44. The predicted octanol–water partition coefficient (Wildman–Crippen LogP) is 3.29. The molecule has 3 aromatic rings. The Balaban J connectivity index is 1.31. The lowest BCUT2D eigenvalue weighted by Crippen LogP contribution is -2.53. The molecule has 0 atom stereocenters. The molecule has 5 rings (SSSR count). The van der Waals surface area contributed by atoms with Crippen LogP contribution in [0.3, 0.4) is 0 Å². The lowest BCUT2D eigenvalue weighted by atomic mass is 9.84. The van der Waals surface area contributed by atoms with Crippen LogP contribution in [0.25, 0.3) is 10.9 Å². The largest absolute Gasteiger partial charge is 0.367 e. The lowest BCUT2D eigenvalue weighted by Gasteiger charge is -2.41. The molecule has 0 spiro atoms. The highest BCUT2D eigenvalue weighted by Gasteiger charge is 2.50. The average molecular weight is 359 g/mol. The first-order valence-electron chi connectivity index (χ1n) is 9.30. The molecule has 136 valence electrons. The standard InChI is InChI=1S/C21H21N5O/c1-21(2)16-4-3-8-23-19(16)26(20(21)27)15-10-14(11-15)24-18-6-5-13-7-9-22-12-17(13)25-18/h3-9,12,14-15H,10-11H2,1-2H3,(H,24,25)/t14-,15-. The molecule has 3 aromatic heterocycles. The third-order valence-corrected chi connectivity index (χ3v) is 5.77. The normalized spacial score (nSPS) is 23.2. The van der Waals surface area contributed by atoms with E-state index in [1.54, 1.807) is 18.6 Å². The molecule has 27 heavy (non-hydrogen) atoms. The Morgan fingerprint density at radius 3 is 2.85 bits per heavy atom. The van der Waals surface area contributed by atoms with Crippen molar-refractivity contribution < 1.29 is 4.79 Å². The van der Waals surface area contributed by atoms with E-state index in [0.29, 0.717) is 6.04 Å². The maximum Gasteiger partial charge on any atom is 0.238 e. The minimum atomic E-state index is -0.505. The van der Waals surface area contributed by atoms with Gasteiger partial charge in [0.05, 0.1) is 17.1 Å². The number of carbonyl (C=O) groups excluding carboxylic acids is 1. The number of pyridine rings is 3. The van der Waals surface area contributed by atoms with E-state index >= 15 is 0 Å². The van der Waals surface area contributed by atoms with Gasteiger partial charge in [-0.1, -0.05) is 6.07 Å². The molecule has 1 fully saturated rings. The molecule has 1 aliphatic carbocycles. The number of anilines is 2. The maximum absolute atomic E-state index is 13.0. The van der Waals surface area contributed by atoms with Crippen LogP contribution in [0.4, 0.5) is 11.6 Å². The van der Waals surface area contributed by atoms with Gasteiger partial charge in [0, 0.05) is 35.4 Å². The third-order valence-electron chi connectivity index (χ3n) is 5.77. The summed E-state index contributed by atoms with van der Waals surface area (Å²) in [5.74, 6) is 1.82. The molecule has 2 aliphatic rings. The van der Waals surface area contributed by atoms with Crippen molar-refractivity contribution in [2.75, 3.05) is 10.2 Å². The van der Waals surface area contributed by atoms with E-state index in [0.717, 1.165) is 40.9 Å². The van der Waals surface area contributed by atoms with Crippen LogP contribution in [0.2, 0.25) is 0 Å². The number of nitrogens with one attached hydrogen (secondary N) is 1. The number of fused-ring (bicyclic) bond motifs is 2. The van der Waals surface area contributed by atoms with Crippen LogP contribution >= 0.6 is 0 Å². The molecule has 1 saturated carbocycles. The van der Waals surface area contributed by atoms with Crippen molar-refractivity contribution in [1.82, 2.24) is 15.0 Å². The van der Waals surface area contributed by atoms with Crippen LogP contribution in [0.15, 0.2) is 48.9 Å². The summed E-state index contributed by atoms with van der Waals surface area (Å²) in [7, 11) is 0. The van der Waals surface area contributed by atoms with Gasteiger partial charge in [0.25, 0.3) is 0 Å². The molecule has 0 aromatic carbocycles. The lowest BCUT2D eigenvalue weighted by molar-refractivity contribution is -0.122. The van der Waals surface area contributed by atoms with Crippen molar-refractivity contribution in [2.24, 2.45) is 0 Å². The Labute approximate surface area is 157 Å². The van der Waals surface area contributed by atoms with E-state index in [1.807, 2.05) is 43.0 Å². The molecule has 6 nitrogen and oxygen atoms in total. The first-order valence-corrected chi connectivity index (χ1v) is 9.30. The van der Waals surface area contributed by atoms with Crippen molar-refractivity contribution >= 4 is 28.4 Å². The number of carbonyl (C=O) groups is 1. The van der Waals surface area contributed by atoms with E-state index in [2.05, 4.69) is 26.3 Å². The van der Waals surface area contributed by atoms with Gasteiger partial charge in [0.1, 0.15) is 11.6 Å². The fraction of sp³-hybridized carbons (Fsp3) is 0.333. The van der Waals surface area contributed by atoms with E-state index < -0.39 is 5.41 Å². The molecule has 1 amide bonds. The van der Waals surface area contributed by atoms with Crippen LogP contribution < -0.4 is 10.2 Å². The second-order valence-electron chi connectivity index (χ2n) is 7.91. The molecule has 0 saturated heterocycles. The van der Waals surface area contributed by atoms with Crippen LogP contribution in [0.1, 0.15) is 32.3 Å². The fourth-order valence-corrected chi connectivity index (χ4v) is 4.10. The second-order valence-corrected chi connectivity index (χ2v) is 7.91. The molecule has 1 N–H and O–H groups in total. The number of aromatic nitrogens is 3. The minimum Gasteiger partial charge on any atom is -0.367 e.